The summed E-state index contributed by atoms with van der Waals surface area (Å²) in [6.07, 6.45) is -2.42. The normalized spacial score (nSPS) is 12.2. The number of nitrogens with one attached hydrogen (secondary N) is 1. The summed E-state index contributed by atoms with van der Waals surface area (Å²) in [5.41, 5.74) is 5.34. The lowest BCUT2D eigenvalue weighted by molar-refractivity contribution is -0.141. The summed E-state index contributed by atoms with van der Waals surface area (Å²) in [5, 5.41) is 2.93. The first kappa shape index (κ1) is 20.2. The molecule has 11 heteroatoms. The number of hydrogen-bond donors (Lipinski definition) is 2. The van der Waals surface area contributed by atoms with Crippen molar-refractivity contribution in [1.29, 1.82) is 0 Å². The Hall–Kier alpha value is -3.50. The van der Waals surface area contributed by atoms with Gasteiger partial charge in [-0.1, -0.05) is 0 Å². The number of anilines is 2. The standard InChI is InChI=1S/C18H16F4N6O/c1-24-17(23)29-7-5-10-8-11(2-3-12(10)19)27-16-15-13(4-6-25-16)28-14(9-26-15)18(20,21)22/h2-4,6,8-9H,5,7H2,1H3,(H2,23,24)(H,25,27). The van der Waals surface area contributed by atoms with Crippen LogP contribution in [0.25, 0.3) is 11.0 Å². The summed E-state index contributed by atoms with van der Waals surface area (Å²) in [6, 6.07) is 5.59. The first-order chi connectivity index (χ1) is 13.8. The molecule has 3 aromatic rings. The number of pyridine rings is 1. The molecule has 152 valence electrons. The highest BCUT2D eigenvalue weighted by Gasteiger charge is 2.33. The first-order valence-corrected chi connectivity index (χ1v) is 8.37. The molecule has 3 N–H and O–H groups in total. The zero-order chi connectivity index (χ0) is 21.0. The number of nitrogens with zero attached hydrogens (tertiary/aromatic N) is 4. The number of aliphatic imine (C=N–C) groups is 1. The van der Waals surface area contributed by atoms with E-state index in [1.807, 2.05) is 0 Å². The molecule has 0 aliphatic rings. The van der Waals surface area contributed by atoms with Gasteiger partial charge in [-0.15, -0.1) is 0 Å². The van der Waals surface area contributed by atoms with Crippen molar-refractivity contribution >= 4 is 28.6 Å². The van der Waals surface area contributed by atoms with Crippen molar-refractivity contribution in [2.45, 2.75) is 12.6 Å². The number of amidine groups is 1. The Bertz CT molecular complexity index is 1050. The zero-order valence-corrected chi connectivity index (χ0v) is 15.2. The van der Waals surface area contributed by atoms with Gasteiger partial charge in [0, 0.05) is 25.4 Å². The van der Waals surface area contributed by atoms with Gasteiger partial charge in [-0.3, -0.25) is 0 Å². The molecule has 0 saturated heterocycles. The molecule has 0 aliphatic heterocycles. The Balaban J connectivity index is 1.84. The lowest BCUT2D eigenvalue weighted by Crippen LogP contribution is -2.17. The molecular weight excluding hydrogens is 392 g/mol. The fraction of sp³-hybridized carbons (Fsp3) is 0.222. The smallest absolute Gasteiger partial charge is 0.434 e. The minimum absolute atomic E-state index is 0.00329. The Morgan fingerprint density at radius 1 is 1.24 bits per heavy atom. The van der Waals surface area contributed by atoms with Crippen LogP contribution < -0.4 is 11.1 Å². The highest BCUT2D eigenvalue weighted by Crippen LogP contribution is 2.29. The number of nitrogens with two attached hydrogens (primary N) is 1. The largest absolute Gasteiger partial charge is 0.465 e. The maximum atomic E-state index is 14.0. The van der Waals surface area contributed by atoms with Gasteiger partial charge in [0.15, 0.2) is 11.5 Å². The highest BCUT2D eigenvalue weighted by atomic mass is 19.4. The van der Waals surface area contributed by atoms with E-state index < -0.39 is 17.7 Å². The molecule has 29 heavy (non-hydrogen) atoms. The number of rotatable bonds is 5. The predicted octanol–water partition coefficient (Wildman–Crippen LogP) is 3.43. The van der Waals surface area contributed by atoms with E-state index in [0.717, 1.165) is 0 Å². The van der Waals surface area contributed by atoms with Gasteiger partial charge in [-0.05, 0) is 29.8 Å². The van der Waals surface area contributed by atoms with Crippen LogP contribution in [0, 0.1) is 5.82 Å². The topological polar surface area (TPSA) is 98.3 Å². The van der Waals surface area contributed by atoms with Crippen molar-refractivity contribution < 1.29 is 22.3 Å². The Kier molecular flexibility index (Phi) is 5.76. The van der Waals surface area contributed by atoms with Gasteiger partial charge >= 0.3 is 6.18 Å². The third-order valence-corrected chi connectivity index (χ3v) is 3.90. The lowest BCUT2D eigenvalue weighted by atomic mass is 10.1. The highest BCUT2D eigenvalue weighted by molar-refractivity contribution is 5.87. The monoisotopic (exact) mass is 408 g/mol. The number of halogens is 4. The van der Waals surface area contributed by atoms with Crippen LogP contribution in [0.2, 0.25) is 0 Å². The van der Waals surface area contributed by atoms with Gasteiger partial charge in [-0.25, -0.2) is 24.3 Å². The number of benzene rings is 1. The van der Waals surface area contributed by atoms with E-state index in [1.165, 1.54) is 37.5 Å². The summed E-state index contributed by atoms with van der Waals surface area (Å²) in [5.74, 6) is -0.244. The molecule has 0 amide bonds. The van der Waals surface area contributed by atoms with E-state index >= 15 is 0 Å². The van der Waals surface area contributed by atoms with Gasteiger partial charge in [0.25, 0.3) is 6.02 Å². The van der Waals surface area contributed by atoms with E-state index in [2.05, 4.69) is 25.3 Å². The van der Waals surface area contributed by atoms with Gasteiger partial charge in [0.2, 0.25) is 0 Å². The van der Waals surface area contributed by atoms with E-state index in [-0.39, 0.29) is 35.9 Å². The number of ether oxygens (including phenoxy) is 1. The number of alkyl halides is 3. The zero-order valence-electron chi connectivity index (χ0n) is 15.2. The molecule has 3 rings (SSSR count). The molecule has 2 heterocycles. The minimum atomic E-state index is -4.60. The molecule has 0 saturated carbocycles. The number of fused-ring (bicyclic) bond motifs is 1. The summed E-state index contributed by atoms with van der Waals surface area (Å²) in [6.45, 7) is 0.127. The van der Waals surface area contributed by atoms with Crippen LogP contribution in [0.4, 0.5) is 29.1 Å². The van der Waals surface area contributed by atoms with Gasteiger partial charge in [0.1, 0.15) is 11.3 Å². The van der Waals surface area contributed by atoms with Crippen molar-refractivity contribution in [2.24, 2.45) is 10.7 Å². The molecular formula is C18H16F4N6O. The van der Waals surface area contributed by atoms with Crippen molar-refractivity contribution in [3.8, 4) is 0 Å². The summed E-state index contributed by atoms with van der Waals surface area (Å²) in [7, 11) is 1.47. The Morgan fingerprint density at radius 3 is 2.76 bits per heavy atom. The third kappa shape index (κ3) is 4.86. The molecule has 1 aromatic carbocycles. The first-order valence-electron chi connectivity index (χ1n) is 8.37. The molecule has 0 radical (unpaired) electrons. The van der Waals surface area contributed by atoms with Crippen LogP contribution in [0.15, 0.2) is 41.7 Å². The third-order valence-electron chi connectivity index (χ3n) is 3.90. The van der Waals surface area contributed by atoms with E-state index in [9.17, 15) is 17.6 Å². The van der Waals surface area contributed by atoms with Crippen LogP contribution in [0.3, 0.4) is 0 Å². The van der Waals surface area contributed by atoms with Crippen LogP contribution in [-0.4, -0.2) is 34.6 Å². The average molecular weight is 408 g/mol. The quantitative estimate of drug-likeness (QED) is 0.381. The maximum absolute atomic E-state index is 14.0. The van der Waals surface area contributed by atoms with E-state index in [4.69, 9.17) is 10.5 Å². The van der Waals surface area contributed by atoms with Gasteiger partial charge < -0.3 is 15.8 Å². The second-order valence-corrected chi connectivity index (χ2v) is 5.87. The average Bonchev–Trinajstić information content (AvgIpc) is 2.69. The lowest BCUT2D eigenvalue weighted by Gasteiger charge is -2.11. The molecule has 0 fully saturated rings. The van der Waals surface area contributed by atoms with Crippen LogP contribution in [0.5, 0.6) is 0 Å². The molecule has 0 bridgehead atoms. The SMILES string of the molecule is CN=C(N)OCCc1cc(Nc2nccc3nc(C(F)(F)F)cnc23)ccc1F. The van der Waals surface area contributed by atoms with Crippen molar-refractivity contribution in [3.05, 3.63) is 53.7 Å². The molecule has 0 unspecified atom stereocenters. The van der Waals surface area contributed by atoms with Crippen molar-refractivity contribution in [2.75, 3.05) is 19.0 Å². The predicted molar refractivity (Wildman–Crippen MR) is 99.2 cm³/mol. The van der Waals surface area contributed by atoms with Crippen molar-refractivity contribution in [3.63, 3.8) is 0 Å². The molecule has 0 atom stereocenters. The summed E-state index contributed by atoms with van der Waals surface area (Å²) < 4.78 is 57.6. The van der Waals surface area contributed by atoms with Gasteiger partial charge in [0.05, 0.1) is 18.3 Å². The van der Waals surface area contributed by atoms with E-state index in [1.54, 1.807) is 0 Å². The molecule has 0 aliphatic carbocycles. The second kappa shape index (κ2) is 8.25. The van der Waals surface area contributed by atoms with E-state index in [0.29, 0.717) is 17.4 Å². The maximum Gasteiger partial charge on any atom is 0.434 e. The second-order valence-electron chi connectivity index (χ2n) is 5.87. The van der Waals surface area contributed by atoms with Crippen LogP contribution in [0.1, 0.15) is 11.3 Å². The fourth-order valence-electron chi connectivity index (χ4n) is 2.48. The summed E-state index contributed by atoms with van der Waals surface area (Å²) >= 11 is 0. The Labute approximate surface area is 162 Å². The van der Waals surface area contributed by atoms with Crippen LogP contribution in [-0.2, 0) is 17.3 Å². The van der Waals surface area contributed by atoms with Crippen molar-refractivity contribution in [1.82, 2.24) is 15.0 Å². The van der Waals surface area contributed by atoms with Crippen LogP contribution >= 0.6 is 0 Å². The molecule has 2 aromatic heterocycles. The number of aromatic nitrogens is 3. The summed E-state index contributed by atoms with van der Waals surface area (Å²) in [4.78, 5) is 15.1. The number of hydrogen-bond acceptors (Lipinski definition) is 6. The molecule has 7 nitrogen and oxygen atoms in total. The molecule has 0 spiro atoms. The fourth-order valence-corrected chi connectivity index (χ4v) is 2.48. The Morgan fingerprint density at radius 2 is 2.03 bits per heavy atom. The minimum Gasteiger partial charge on any atom is -0.465 e. The van der Waals surface area contributed by atoms with Gasteiger partial charge in [-0.2, -0.15) is 13.2 Å².